The first kappa shape index (κ1) is 12.9. The highest BCUT2D eigenvalue weighted by molar-refractivity contribution is 5.91. The van der Waals surface area contributed by atoms with E-state index in [0.29, 0.717) is 0 Å². The van der Waals surface area contributed by atoms with Gasteiger partial charge in [0.1, 0.15) is 6.33 Å². The molecule has 0 amide bonds. The summed E-state index contributed by atoms with van der Waals surface area (Å²) in [5, 5.41) is 0. The standard InChI is InChI=1S/C14H13N3O2/c1-10(3-14(18)19-2)11-4-12(6-15-5-11)13-7-16-9-17-8-13/h3-9H,1-2H3/b10-3+. The number of esters is 1. The minimum atomic E-state index is -0.383. The summed E-state index contributed by atoms with van der Waals surface area (Å²) in [5.41, 5.74) is 3.42. The van der Waals surface area contributed by atoms with Crippen molar-refractivity contribution in [3.63, 3.8) is 0 Å². The Morgan fingerprint density at radius 2 is 1.79 bits per heavy atom. The van der Waals surface area contributed by atoms with Crippen molar-refractivity contribution in [3.05, 3.63) is 48.8 Å². The second kappa shape index (κ2) is 5.86. The summed E-state index contributed by atoms with van der Waals surface area (Å²) in [4.78, 5) is 23.3. The zero-order valence-electron chi connectivity index (χ0n) is 10.7. The van der Waals surface area contributed by atoms with Crippen molar-refractivity contribution in [2.24, 2.45) is 0 Å². The van der Waals surface area contributed by atoms with E-state index in [-0.39, 0.29) is 5.97 Å². The van der Waals surface area contributed by atoms with Crippen LogP contribution in [0.2, 0.25) is 0 Å². The molecule has 2 aromatic heterocycles. The number of pyridine rings is 1. The predicted octanol–water partition coefficient (Wildman–Crippen LogP) is 2.11. The predicted molar refractivity (Wildman–Crippen MR) is 70.9 cm³/mol. The van der Waals surface area contributed by atoms with Gasteiger partial charge < -0.3 is 4.74 Å². The van der Waals surface area contributed by atoms with E-state index in [1.165, 1.54) is 19.5 Å². The van der Waals surface area contributed by atoms with E-state index < -0.39 is 0 Å². The Labute approximate surface area is 111 Å². The van der Waals surface area contributed by atoms with Gasteiger partial charge in [0.2, 0.25) is 0 Å². The van der Waals surface area contributed by atoms with E-state index in [2.05, 4.69) is 19.7 Å². The van der Waals surface area contributed by atoms with Crippen molar-refractivity contribution in [2.45, 2.75) is 6.92 Å². The number of hydrogen-bond donors (Lipinski definition) is 0. The topological polar surface area (TPSA) is 65.0 Å². The maximum Gasteiger partial charge on any atom is 0.330 e. The molecule has 0 unspecified atom stereocenters. The zero-order chi connectivity index (χ0) is 13.7. The Kier molecular flexibility index (Phi) is 3.97. The molecule has 0 saturated carbocycles. The molecule has 0 aliphatic carbocycles. The molecule has 2 aromatic rings. The van der Waals surface area contributed by atoms with Gasteiger partial charge in [-0.1, -0.05) is 0 Å². The number of hydrogen-bond acceptors (Lipinski definition) is 5. The lowest BCUT2D eigenvalue weighted by atomic mass is 10.0. The molecule has 0 N–H and O–H groups in total. The average molecular weight is 255 g/mol. The van der Waals surface area contributed by atoms with Gasteiger partial charge in [-0.3, -0.25) is 4.98 Å². The van der Waals surface area contributed by atoms with Crippen LogP contribution in [0.1, 0.15) is 12.5 Å². The average Bonchev–Trinajstić information content (AvgIpc) is 2.48. The summed E-state index contributed by atoms with van der Waals surface area (Å²) in [6.07, 6.45) is 9.77. The third-order valence-electron chi connectivity index (χ3n) is 2.62. The molecule has 0 fully saturated rings. The smallest absolute Gasteiger partial charge is 0.330 e. The van der Waals surface area contributed by atoms with E-state index in [1.54, 1.807) is 24.8 Å². The number of allylic oxidation sites excluding steroid dienone is 1. The van der Waals surface area contributed by atoms with Crippen LogP contribution < -0.4 is 0 Å². The largest absolute Gasteiger partial charge is 0.466 e. The van der Waals surface area contributed by atoms with Crippen LogP contribution in [0.3, 0.4) is 0 Å². The van der Waals surface area contributed by atoms with E-state index in [9.17, 15) is 4.79 Å². The maximum absolute atomic E-state index is 11.2. The third-order valence-corrected chi connectivity index (χ3v) is 2.62. The first-order valence-corrected chi connectivity index (χ1v) is 5.68. The van der Waals surface area contributed by atoms with Gasteiger partial charge in [0.25, 0.3) is 0 Å². The Morgan fingerprint density at radius 3 is 2.47 bits per heavy atom. The molecule has 0 spiro atoms. The van der Waals surface area contributed by atoms with Gasteiger partial charge in [-0.25, -0.2) is 14.8 Å². The molecule has 0 bridgehead atoms. The van der Waals surface area contributed by atoms with Crippen molar-refractivity contribution >= 4 is 11.5 Å². The first-order chi connectivity index (χ1) is 9.20. The fourth-order valence-electron chi connectivity index (χ4n) is 1.58. The second-order valence-electron chi connectivity index (χ2n) is 3.94. The number of carbonyl (C=O) groups excluding carboxylic acids is 1. The van der Waals surface area contributed by atoms with Crippen LogP contribution in [-0.2, 0) is 9.53 Å². The molecule has 0 aliphatic heterocycles. The van der Waals surface area contributed by atoms with Gasteiger partial charge in [0, 0.05) is 42.0 Å². The highest BCUT2D eigenvalue weighted by Crippen LogP contribution is 2.21. The minimum absolute atomic E-state index is 0.383. The van der Waals surface area contributed by atoms with Crippen LogP contribution in [0.25, 0.3) is 16.7 Å². The summed E-state index contributed by atoms with van der Waals surface area (Å²) in [7, 11) is 1.35. The fourth-order valence-corrected chi connectivity index (χ4v) is 1.58. The van der Waals surface area contributed by atoms with Crippen LogP contribution >= 0.6 is 0 Å². The second-order valence-corrected chi connectivity index (χ2v) is 3.94. The SMILES string of the molecule is COC(=O)/C=C(\C)c1cncc(-c2cncnc2)c1. The van der Waals surface area contributed by atoms with Gasteiger partial charge in [-0.05, 0) is 24.1 Å². The molecule has 5 nitrogen and oxygen atoms in total. The van der Waals surface area contributed by atoms with Crippen molar-refractivity contribution in [1.82, 2.24) is 15.0 Å². The number of carbonyl (C=O) groups is 1. The van der Waals surface area contributed by atoms with Crippen LogP contribution in [0.5, 0.6) is 0 Å². The lowest BCUT2D eigenvalue weighted by molar-refractivity contribution is -0.134. The quantitative estimate of drug-likeness (QED) is 0.621. The Bertz CT molecular complexity index is 609. The number of nitrogens with zero attached hydrogens (tertiary/aromatic N) is 3. The van der Waals surface area contributed by atoms with Crippen molar-refractivity contribution in [3.8, 4) is 11.1 Å². The molecule has 0 aromatic carbocycles. The normalized spacial score (nSPS) is 11.2. The highest BCUT2D eigenvalue weighted by atomic mass is 16.5. The summed E-state index contributed by atoms with van der Waals surface area (Å²) in [6, 6.07) is 1.93. The molecule has 2 rings (SSSR count). The van der Waals surface area contributed by atoms with E-state index in [4.69, 9.17) is 0 Å². The molecule has 0 radical (unpaired) electrons. The van der Waals surface area contributed by atoms with Gasteiger partial charge in [0.05, 0.1) is 7.11 Å². The first-order valence-electron chi connectivity index (χ1n) is 5.68. The van der Waals surface area contributed by atoms with E-state index >= 15 is 0 Å². The Hall–Kier alpha value is -2.56. The molecule has 0 aliphatic rings. The van der Waals surface area contributed by atoms with Gasteiger partial charge in [-0.2, -0.15) is 0 Å². The van der Waals surface area contributed by atoms with Crippen molar-refractivity contribution in [2.75, 3.05) is 7.11 Å². The van der Waals surface area contributed by atoms with Crippen LogP contribution in [0, 0.1) is 0 Å². The summed E-state index contributed by atoms with van der Waals surface area (Å²) in [6.45, 7) is 1.83. The Balaban J connectivity index is 2.35. The molecule has 19 heavy (non-hydrogen) atoms. The molecular weight excluding hydrogens is 242 g/mol. The van der Waals surface area contributed by atoms with Gasteiger partial charge >= 0.3 is 5.97 Å². The lowest BCUT2D eigenvalue weighted by Gasteiger charge is -2.04. The summed E-state index contributed by atoms with van der Waals surface area (Å²) >= 11 is 0. The Morgan fingerprint density at radius 1 is 1.11 bits per heavy atom. The number of aromatic nitrogens is 3. The molecule has 0 saturated heterocycles. The lowest BCUT2D eigenvalue weighted by Crippen LogP contribution is -1.96. The summed E-state index contributed by atoms with van der Waals surface area (Å²) in [5.74, 6) is -0.383. The highest BCUT2D eigenvalue weighted by Gasteiger charge is 2.04. The third kappa shape index (κ3) is 3.22. The zero-order valence-corrected chi connectivity index (χ0v) is 10.7. The minimum Gasteiger partial charge on any atom is -0.466 e. The molecule has 0 atom stereocenters. The molecule has 5 heteroatoms. The molecule has 96 valence electrons. The fraction of sp³-hybridized carbons (Fsp3) is 0.143. The molecule has 2 heterocycles. The van der Waals surface area contributed by atoms with E-state index in [1.807, 2.05) is 13.0 Å². The maximum atomic E-state index is 11.2. The number of methoxy groups -OCH3 is 1. The monoisotopic (exact) mass is 255 g/mol. The van der Waals surface area contributed by atoms with Crippen molar-refractivity contribution < 1.29 is 9.53 Å². The van der Waals surface area contributed by atoms with Crippen LogP contribution in [-0.4, -0.2) is 28.0 Å². The van der Waals surface area contributed by atoms with Crippen LogP contribution in [0.4, 0.5) is 0 Å². The summed E-state index contributed by atoms with van der Waals surface area (Å²) < 4.78 is 4.60. The number of ether oxygens (including phenoxy) is 1. The molecular formula is C14H13N3O2. The van der Waals surface area contributed by atoms with Crippen molar-refractivity contribution in [1.29, 1.82) is 0 Å². The number of rotatable bonds is 3. The van der Waals surface area contributed by atoms with Gasteiger partial charge in [0.15, 0.2) is 0 Å². The van der Waals surface area contributed by atoms with E-state index in [0.717, 1.165) is 22.3 Å². The van der Waals surface area contributed by atoms with Gasteiger partial charge in [-0.15, -0.1) is 0 Å². The van der Waals surface area contributed by atoms with Crippen LogP contribution in [0.15, 0.2) is 43.3 Å².